The molecule has 0 heterocycles. The lowest BCUT2D eigenvalue weighted by molar-refractivity contribution is 0.0949. The summed E-state index contributed by atoms with van der Waals surface area (Å²) in [5.74, 6) is -0.372. The maximum Gasteiger partial charge on any atom is 0.252 e. The molecule has 0 saturated carbocycles. The van der Waals surface area contributed by atoms with Gasteiger partial charge in [0.15, 0.2) is 0 Å². The predicted molar refractivity (Wildman–Crippen MR) is 116 cm³/mol. The van der Waals surface area contributed by atoms with E-state index < -0.39 is 5.91 Å². The summed E-state index contributed by atoms with van der Waals surface area (Å²) in [6.45, 7) is 0.515. The third-order valence-electron chi connectivity index (χ3n) is 4.19. The van der Waals surface area contributed by atoms with Gasteiger partial charge in [-0.1, -0.05) is 57.9 Å². The molecule has 0 saturated heterocycles. The highest BCUT2D eigenvalue weighted by atomic mass is 79.9. The summed E-state index contributed by atoms with van der Waals surface area (Å²) in [7, 11) is 0. The molecule has 0 radical (unpaired) electrons. The predicted octanol–water partition coefficient (Wildman–Crippen LogP) is 4.71. The lowest BCUT2D eigenvalue weighted by atomic mass is 10.1. The van der Waals surface area contributed by atoms with Gasteiger partial charge in [-0.25, -0.2) is 0 Å². The summed E-state index contributed by atoms with van der Waals surface area (Å²) in [5, 5.41) is 3.44. The van der Waals surface area contributed by atoms with Crippen molar-refractivity contribution in [2.24, 2.45) is 5.73 Å². The van der Waals surface area contributed by atoms with E-state index in [-0.39, 0.29) is 12.5 Å². The third-order valence-corrected chi connectivity index (χ3v) is 5.04. The van der Waals surface area contributed by atoms with E-state index in [1.165, 1.54) is 0 Å². The van der Waals surface area contributed by atoms with Crippen LogP contribution in [0.2, 0.25) is 5.02 Å². The number of carbonyl (C=O) groups excluding carboxylic acids is 2. The zero-order valence-electron chi connectivity index (χ0n) is 15.3. The molecular formula is C22H18BrClN2O3. The fourth-order valence-electron chi connectivity index (χ4n) is 2.70. The second-order valence-corrected chi connectivity index (χ2v) is 7.59. The van der Waals surface area contributed by atoms with Crippen LogP contribution < -0.4 is 15.8 Å². The van der Waals surface area contributed by atoms with Gasteiger partial charge in [-0.3, -0.25) is 9.59 Å². The Labute approximate surface area is 182 Å². The van der Waals surface area contributed by atoms with Crippen molar-refractivity contribution in [3.05, 3.63) is 98.5 Å². The number of nitrogens with one attached hydrogen (secondary N) is 1. The zero-order valence-corrected chi connectivity index (χ0v) is 17.7. The van der Waals surface area contributed by atoms with Crippen molar-refractivity contribution in [3.8, 4) is 5.75 Å². The minimum atomic E-state index is -0.555. The van der Waals surface area contributed by atoms with Gasteiger partial charge in [0.1, 0.15) is 12.4 Å². The third kappa shape index (κ3) is 5.59. The molecule has 0 unspecified atom stereocenters. The molecule has 3 aromatic carbocycles. The summed E-state index contributed by atoms with van der Waals surface area (Å²) in [4.78, 5) is 24.0. The molecule has 29 heavy (non-hydrogen) atoms. The molecule has 0 spiro atoms. The fourth-order valence-corrected chi connectivity index (χ4v) is 3.44. The van der Waals surface area contributed by atoms with E-state index in [2.05, 4.69) is 21.2 Å². The lowest BCUT2D eigenvalue weighted by Gasteiger charge is -2.11. The molecule has 0 fully saturated rings. The van der Waals surface area contributed by atoms with Gasteiger partial charge in [0.25, 0.3) is 11.8 Å². The average Bonchev–Trinajstić information content (AvgIpc) is 2.71. The maximum atomic E-state index is 12.5. The van der Waals surface area contributed by atoms with E-state index in [0.717, 1.165) is 15.6 Å². The van der Waals surface area contributed by atoms with Crippen LogP contribution in [0.5, 0.6) is 5.75 Å². The van der Waals surface area contributed by atoms with Crippen LogP contribution in [-0.2, 0) is 13.2 Å². The van der Waals surface area contributed by atoms with Gasteiger partial charge < -0.3 is 15.8 Å². The molecule has 5 nitrogen and oxygen atoms in total. The molecule has 3 rings (SSSR count). The summed E-state index contributed by atoms with van der Waals surface area (Å²) in [6.07, 6.45) is 0. The van der Waals surface area contributed by atoms with Crippen molar-refractivity contribution in [1.82, 2.24) is 5.32 Å². The van der Waals surface area contributed by atoms with Crippen LogP contribution in [0.3, 0.4) is 0 Å². The van der Waals surface area contributed by atoms with Crippen LogP contribution in [0.1, 0.15) is 31.8 Å². The number of amides is 2. The molecule has 7 heteroatoms. The minimum Gasteiger partial charge on any atom is -0.488 e. The number of nitrogens with two attached hydrogens (primary N) is 1. The molecule has 0 bridgehead atoms. The maximum absolute atomic E-state index is 12.5. The summed E-state index contributed by atoms with van der Waals surface area (Å²) in [6, 6.07) is 19.4. The van der Waals surface area contributed by atoms with Crippen molar-refractivity contribution in [2.45, 2.75) is 13.2 Å². The first-order valence-corrected chi connectivity index (χ1v) is 9.94. The normalized spacial score (nSPS) is 10.4. The minimum absolute atomic E-state index is 0.198. The number of para-hydroxylation sites is 1. The first-order valence-electron chi connectivity index (χ1n) is 8.77. The molecule has 148 valence electrons. The van der Waals surface area contributed by atoms with Crippen LogP contribution in [0, 0.1) is 0 Å². The summed E-state index contributed by atoms with van der Waals surface area (Å²) < 4.78 is 6.60. The SMILES string of the molecule is NC(=O)c1ccccc1OCc1cccc(C(=O)NCc2ccc(Br)cc2Cl)c1. The van der Waals surface area contributed by atoms with Gasteiger partial charge in [0.05, 0.1) is 5.56 Å². The van der Waals surface area contributed by atoms with Gasteiger partial charge in [0, 0.05) is 21.6 Å². The Morgan fingerprint density at radius 2 is 1.83 bits per heavy atom. The topological polar surface area (TPSA) is 81.4 Å². The Morgan fingerprint density at radius 3 is 2.59 bits per heavy atom. The second-order valence-electron chi connectivity index (χ2n) is 6.27. The quantitative estimate of drug-likeness (QED) is 0.521. The largest absolute Gasteiger partial charge is 0.488 e. The standard InChI is InChI=1S/C22H18BrClN2O3/c23-17-9-8-16(19(24)11-17)12-26-22(28)15-5-3-4-14(10-15)13-29-20-7-2-1-6-18(20)21(25)27/h1-11H,12-13H2,(H2,25,27)(H,26,28). The molecule has 0 aromatic heterocycles. The number of rotatable bonds is 7. The zero-order chi connectivity index (χ0) is 20.8. The van der Waals surface area contributed by atoms with E-state index in [1.54, 1.807) is 48.5 Å². The van der Waals surface area contributed by atoms with Crippen molar-refractivity contribution >= 4 is 39.3 Å². The monoisotopic (exact) mass is 472 g/mol. The van der Waals surface area contributed by atoms with E-state index in [0.29, 0.717) is 28.4 Å². The van der Waals surface area contributed by atoms with Crippen LogP contribution in [0.25, 0.3) is 0 Å². The first-order chi connectivity index (χ1) is 13.9. The van der Waals surface area contributed by atoms with Gasteiger partial charge >= 0.3 is 0 Å². The van der Waals surface area contributed by atoms with Crippen molar-refractivity contribution in [1.29, 1.82) is 0 Å². The van der Waals surface area contributed by atoms with Crippen molar-refractivity contribution < 1.29 is 14.3 Å². The van der Waals surface area contributed by atoms with Gasteiger partial charge in [-0.2, -0.15) is 0 Å². The van der Waals surface area contributed by atoms with Crippen LogP contribution >= 0.6 is 27.5 Å². The second kappa shape index (κ2) is 9.58. The highest BCUT2D eigenvalue weighted by Crippen LogP contribution is 2.22. The van der Waals surface area contributed by atoms with Crippen molar-refractivity contribution in [3.63, 3.8) is 0 Å². The Hall–Kier alpha value is -2.83. The fraction of sp³-hybridized carbons (Fsp3) is 0.0909. The first kappa shape index (κ1) is 20.9. The number of hydrogen-bond donors (Lipinski definition) is 2. The molecule has 3 N–H and O–H groups in total. The van der Waals surface area contributed by atoms with E-state index in [1.807, 2.05) is 18.2 Å². The molecular weight excluding hydrogens is 456 g/mol. The number of primary amides is 1. The van der Waals surface area contributed by atoms with Gasteiger partial charge in [-0.15, -0.1) is 0 Å². The van der Waals surface area contributed by atoms with Gasteiger partial charge in [-0.05, 0) is 47.5 Å². The number of hydrogen-bond acceptors (Lipinski definition) is 3. The Kier molecular flexibility index (Phi) is 6.90. The number of benzene rings is 3. The smallest absolute Gasteiger partial charge is 0.252 e. The number of halogens is 2. The summed E-state index contributed by atoms with van der Waals surface area (Å²) >= 11 is 9.54. The average molecular weight is 474 g/mol. The molecule has 0 atom stereocenters. The van der Waals surface area contributed by atoms with E-state index >= 15 is 0 Å². The molecule has 0 aliphatic rings. The molecule has 0 aliphatic heterocycles. The Morgan fingerprint density at radius 1 is 1.03 bits per heavy atom. The number of ether oxygens (including phenoxy) is 1. The number of carbonyl (C=O) groups is 2. The van der Waals surface area contributed by atoms with Crippen LogP contribution in [0.15, 0.2) is 71.2 Å². The molecule has 0 aliphatic carbocycles. The molecule has 2 amide bonds. The molecule has 3 aromatic rings. The highest BCUT2D eigenvalue weighted by Gasteiger charge is 2.10. The highest BCUT2D eigenvalue weighted by molar-refractivity contribution is 9.10. The van der Waals surface area contributed by atoms with Gasteiger partial charge in [0.2, 0.25) is 0 Å². The van der Waals surface area contributed by atoms with Crippen LogP contribution in [0.4, 0.5) is 0 Å². The van der Waals surface area contributed by atoms with Crippen LogP contribution in [-0.4, -0.2) is 11.8 Å². The Balaban J connectivity index is 1.64. The Bertz CT molecular complexity index is 1060. The lowest BCUT2D eigenvalue weighted by Crippen LogP contribution is -2.23. The summed E-state index contributed by atoms with van der Waals surface area (Å²) in [5.41, 5.74) is 7.79. The van der Waals surface area contributed by atoms with E-state index in [9.17, 15) is 9.59 Å². The van der Waals surface area contributed by atoms with Crippen molar-refractivity contribution in [2.75, 3.05) is 0 Å². The van der Waals surface area contributed by atoms with E-state index in [4.69, 9.17) is 22.1 Å².